The van der Waals surface area contributed by atoms with Gasteiger partial charge in [0.05, 0.1) is 11.1 Å². The Morgan fingerprint density at radius 1 is 1.17 bits per heavy atom. The third-order valence-corrected chi connectivity index (χ3v) is 5.43. The summed E-state index contributed by atoms with van der Waals surface area (Å²) in [6.07, 6.45) is 11.1. The molecule has 0 bridgehead atoms. The molecule has 0 amide bonds. The van der Waals surface area contributed by atoms with E-state index in [0.29, 0.717) is 11.3 Å². The lowest BCUT2D eigenvalue weighted by Crippen LogP contribution is -2.31. The van der Waals surface area contributed by atoms with E-state index in [1.165, 1.54) is 11.6 Å². The van der Waals surface area contributed by atoms with Crippen molar-refractivity contribution in [2.24, 2.45) is 0 Å². The molecule has 0 fully saturated rings. The molecule has 1 heterocycles. The van der Waals surface area contributed by atoms with E-state index in [0.717, 1.165) is 29.5 Å². The molecular weight excluding hydrogens is 372 g/mol. The Bertz CT molecular complexity index is 1050. The van der Waals surface area contributed by atoms with E-state index < -0.39 is 5.60 Å². The van der Waals surface area contributed by atoms with E-state index >= 15 is 0 Å². The summed E-state index contributed by atoms with van der Waals surface area (Å²) in [5, 5.41) is 10.7. The minimum Gasteiger partial charge on any atom is -0.506 e. The molecule has 0 spiro atoms. The molecule has 1 aliphatic heterocycles. The average Bonchev–Trinajstić information content (AvgIpc) is 2.68. The molecule has 0 radical (unpaired) electrons. The SMILES string of the molecule is CC(C)=CCCC1(C)C=Cc2c(ccc(C(=O)/C=C/c3cc(C)ccc3C)c2O)O1. The van der Waals surface area contributed by atoms with Crippen LogP contribution >= 0.6 is 0 Å². The number of aromatic hydroxyl groups is 1. The van der Waals surface area contributed by atoms with Gasteiger partial charge in [0.25, 0.3) is 0 Å². The number of hydrogen-bond donors (Lipinski definition) is 1. The smallest absolute Gasteiger partial charge is 0.189 e. The molecule has 0 saturated heterocycles. The van der Waals surface area contributed by atoms with Gasteiger partial charge >= 0.3 is 0 Å². The summed E-state index contributed by atoms with van der Waals surface area (Å²) < 4.78 is 6.17. The molecule has 2 aromatic carbocycles. The van der Waals surface area contributed by atoms with Gasteiger partial charge in [0.2, 0.25) is 0 Å². The Morgan fingerprint density at radius 3 is 2.67 bits per heavy atom. The quantitative estimate of drug-likeness (QED) is 0.328. The van der Waals surface area contributed by atoms with Crippen molar-refractivity contribution in [3.8, 4) is 11.5 Å². The number of carbonyl (C=O) groups excluding carboxylic acids is 1. The molecule has 3 nitrogen and oxygen atoms in total. The molecule has 1 atom stereocenters. The van der Waals surface area contributed by atoms with Crippen LogP contribution in [0.25, 0.3) is 12.2 Å². The van der Waals surface area contributed by atoms with E-state index in [9.17, 15) is 9.90 Å². The van der Waals surface area contributed by atoms with E-state index in [2.05, 4.69) is 19.9 Å². The summed E-state index contributed by atoms with van der Waals surface area (Å²) in [5.41, 5.74) is 4.92. The summed E-state index contributed by atoms with van der Waals surface area (Å²) in [7, 11) is 0. The summed E-state index contributed by atoms with van der Waals surface area (Å²) >= 11 is 0. The van der Waals surface area contributed by atoms with Crippen LogP contribution in [0.4, 0.5) is 0 Å². The first-order valence-corrected chi connectivity index (χ1v) is 10.4. The second kappa shape index (κ2) is 8.74. The molecule has 0 saturated carbocycles. The monoisotopic (exact) mass is 402 g/mol. The van der Waals surface area contributed by atoms with Gasteiger partial charge in [-0.25, -0.2) is 0 Å². The van der Waals surface area contributed by atoms with Gasteiger partial charge in [0.1, 0.15) is 17.1 Å². The third kappa shape index (κ3) is 4.91. The number of fused-ring (bicyclic) bond motifs is 1. The molecule has 1 aliphatic rings. The topological polar surface area (TPSA) is 46.5 Å². The van der Waals surface area contributed by atoms with Crippen molar-refractivity contribution in [2.75, 3.05) is 0 Å². The van der Waals surface area contributed by atoms with Crippen LogP contribution in [0.1, 0.15) is 66.2 Å². The van der Waals surface area contributed by atoms with Crippen molar-refractivity contribution in [1.29, 1.82) is 0 Å². The molecule has 30 heavy (non-hydrogen) atoms. The number of ether oxygens (including phenoxy) is 1. The number of hydrogen-bond acceptors (Lipinski definition) is 3. The fourth-order valence-corrected chi connectivity index (χ4v) is 3.56. The van der Waals surface area contributed by atoms with Gasteiger partial charge in [-0.15, -0.1) is 0 Å². The second-order valence-corrected chi connectivity index (χ2v) is 8.50. The van der Waals surface area contributed by atoms with Crippen LogP contribution in [0.3, 0.4) is 0 Å². The van der Waals surface area contributed by atoms with Gasteiger partial charge in [-0.05, 0) is 88.9 Å². The van der Waals surface area contributed by atoms with Gasteiger partial charge < -0.3 is 9.84 Å². The van der Waals surface area contributed by atoms with Crippen LogP contribution in [-0.2, 0) is 0 Å². The predicted octanol–water partition coefficient (Wildman–Crippen LogP) is 6.82. The van der Waals surface area contributed by atoms with Crippen molar-refractivity contribution >= 4 is 17.9 Å². The highest BCUT2D eigenvalue weighted by Crippen LogP contribution is 2.40. The molecular formula is C27H30O3. The van der Waals surface area contributed by atoms with Gasteiger partial charge in [-0.1, -0.05) is 41.5 Å². The number of allylic oxidation sites excluding steroid dienone is 3. The highest BCUT2D eigenvalue weighted by atomic mass is 16.5. The van der Waals surface area contributed by atoms with Crippen LogP contribution in [0.15, 0.2) is 54.1 Å². The number of phenolic OH excluding ortho intramolecular Hbond substituents is 1. The lowest BCUT2D eigenvalue weighted by atomic mass is 9.93. The van der Waals surface area contributed by atoms with Gasteiger partial charge in [-0.3, -0.25) is 4.79 Å². The summed E-state index contributed by atoms with van der Waals surface area (Å²) in [6.45, 7) is 10.2. The lowest BCUT2D eigenvalue weighted by molar-refractivity contribution is 0.104. The molecule has 0 aliphatic carbocycles. The van der Waals surface area contributed by atoms with E-state index in [1.54, 1.807) is 18.2 Å². The molecule has 1 N–H and O–H groups in total. The highest BCUT2D eigenvalue weighted by molar-refractivity contribution is 6.09. The number of carbonyl (C=O) groups is 1. The van der Waals surface area contributed by atoms with E-state index in [1.807, 2.05) is 51.1 Å². The van der Waals surface area contributed by atoms with Crippen LogP contribution in [-0.4, -0.2) is 16.5 Å². The highest BCUT2D eigenvalue weighted by Gasteiger charge is 2.29. The number of ketones is 1. The van der Waals surface area contributed by atoms with Crippen LogP contribution < -0.4 is 4.74 Å². The minimum atomic E-state index is -0.431. The maximum absolute atomic E-state index is 12.7. The minimum absolute atomic E-state index is 0.0364. The maximum Gasteiger partial charge on any atom is 0.189 e. The normalized spacial score (nSPS) is 17.5. The first-order valence-electron chi connectivity index (χ1n) is 10.4. The molecule has 2 aromatic rings. The van der Waals surface area contributed by atoms with Crippen molar-refractivity contribution in [3.05, 3.63) is 82.0 Å². The average molecular weight is 403 g/mol. The Kier molecular flexibility index (Phi) is 6.31. The number of aryl methyl sites for hydroxylation is 2. The van der Waals surface area contributed by atoms with Crippen molar-refractivity contribution in [1.82, 2.24) is 0 Å². The first-order chi connectivity index (χ1) is 14.2. The third-order valence-electron chi connectivity index (χ3n) is 5.43. The Balaban J connectivity index is 1.81. The first kappa shape index (κ1) is 21.6. The fourth-order valence-electron chi connectivity index (χ4n) is 3.56. The molecule has 3 heteroatoms. The van der Waals surface area contributed by atoms with Gasteiger partial charge in [-0.2, -0.15) is 0 Å². The largest absolute Gasteiger partial charge is 0.506 e. The second-order valence-electron chi connectivity index (χ2n) is 8.50. The van der Waals surface area contributed by atoms with Crippen molar-refractivity contribution < 1.29 is 14.6 Å². The standard InChI is InChI=1S/C27H30O3/c1-18(2)7-6-15-27(5)16-14-23-25(30-27)13-11-22(26(23)29)24(28)12-10-21-17-19(3)8-9-20(21)4/h7-14,16-17,29H,6,15H2,1-5H3/b12-10+. The number of rotatable bonds is 6. The number of phenols is 1. The summed E-state index contributed by atoms with van der Waals surface area (Å²) in [6, 6.07) is 9.53. The van der Waals surface area contributed by atoms with E-state index in [4.69, 9.17) is 4.74 Å². The lowest BCUT2D eigenvalue weighted by Gasteiger charge is -2.32. The summed E-state index contributed by atoms with van der Waals surface area (Å²) in [4.78, 5) is 12.7. The Labute approximate surface area is 179 Å². The molecule has 156 valence electrons. The van der Waals surface area contributed by atoms with Gasteiger partial charge in [0, 0.05) is 0 Å². The van der Waals surface area contributed by atoms with Gasteiger partial charge in [0.15, 0.2) is 5.78 Å². The van der Waals surface area contributed by atoms with Crippen molar-refractivity contribution in [3.63, 3.8) is 0 Å². The van der Waals surface area contributed by atoms with Crippen LogP contribution in [0, 0.1) is 13.8 Å². The zero-order chi connectivity index (χ0) is 21.9. The van der Waals surface area contributed by atoms with E-state index in [-0.39, 0.29) is 17.1 Å². The summed E-state index contributed by atoms with van der Waals surface area (Å²) in [5.74, 6) is 0.331. The fraction of sp³-hybridized carbons (Fsp3) is 0.296. The molecule has 1 unspecified atom stereocenters. The predicted molar refractivity (Wildman–Crippen MR) is 124 cm³/mol. The Hall–Kier alpha value is -3.07. The van der Waals surface area contributed by atoms with Crippen LogP contribution in [0.2, 0.25) is 0 Å². The Morgan fingerprint density at radius 2 is 1.93 bits per heavy atom. The number of benzene rings is 2. The van der Waals surface area contributed by atoms with Crippen molar-refractivity contribution in [2.45, 2.75) is 53.1 Å². The zero-order valence-electron chi connectivity index (χ0n) is 18.5. The molecule has 0 aromatic heterocycles. The maximum atomic E-state index is 12.7. The van der Waals surface area contributed by atoms with Crippen LogP contribution in [0.5, 0.6) is 11.5 Å². The molecule has 3 rings (SSSR count). The zero-order valence-corrected chi connectivity index (χ0v) is 18.5.